The van der Waals surface area contributed by atoms with E-state index in [-0.39, 0.29) is 4.90 Å². The Morgan fingerprint density at radius 1 is 1.14 bits per heavy atom. The summed E-state index contributed by atoms with van der Waals surface area (Å²) in [5, 5.41) is 2.97. The summed E-state index contributed by atoms with van der Waals surface area (Å²) in [4.78, 5) is 4.52. The summed E-state index contributed by atoms with van der Waals surface area (Å²) in [6.45, 7) is 0. The molecule has 0 aliphatic heterocycles. The molecule has 21 heavy (non-hydrogen) atoms. The van der Waals surface area contributed by atoms with Crippen LogP contribution in [0.15, 0.2) is 51.8 Å². The van der Waals surface area contributed by atoms with Gasteiger partial charge >= 0.3 is 0 Å². The number of hydrogen-bond acceptors (Lipinski definition) is 6. The van der Waals surface area contributed by atoms with Crippen LogP contribution in [0.4, 0.5) is 17.4 Å². The van der Waals surface area contributed by atoms with Gasteiger partial charge in [-0.05, 0) is 36.4 Å². The molecule has 0 aliphatic rings. The third-order valence-electron chi connectivity index (χ3n) is 2.98. The van der Waals surface area contributed by atoms with E-state index in [9.17, 15) is 8.42 Å². The molecule has 3 aromatic rings. The van der Waals surface area contributed by atoms with E-state index in [1.165, 1.54) is 18.4 Å². The van der Waals surface area contributed by atoms with Crippen LogP contribution in [-0.2, 0) is 9.84 Å². The van der Waals surface area contributed by atoms with Crippen molar-refractivity contribution in [2.75, 3.05) is 17.3 Å². The average molecular weight is 303 g/mol. The van der Waals surface area contributed by atoms with Crippen LogP contribution in [0.5, 0.6) is 0 Å². The van der Waals surface area contributed by atoms with E-state index in [1.54, 1.807) is 30.3 Å². The summed E-state index contributed by atoms with van der Waals surface area (Å²) in [7, 11) is -3.20. The minimum atomic E-state index is -3.20. The Hall–Kier alpha value is -2.54. The van der Waals surface area contributed by atoms with Gasteiger partial charge in [-0.3, -0.25) is 0 Å². The van der Waals surface area contributed by atoms with Crippen LogP contribution in [0.2, 0.25) is 0 Å². The second-order valence-electron chi connectivity index (χ2n) is 4.63. The van der Waals surface area contributed by atoms with Gasteiger partial charge in [0.15, 0.2) is 15.4 Å². The summed E-state index contributed by atoms with van der Waals surface area (Å²) >= 11 is 0. The molecule has 0 atom stereocenters. The smallest absolute Gasteiger partial charge is 0.300 e. The summed E-state index contributed by atoms with van der Waals surface area (Å²) in [6, 6.07) is 11.9. The largest absolute Gasteiger partial charge is 0.423 e. The van der Waals surface area contributed by atoms with Gasteiger partial charge in [-0.15, -0.1) is 0 Å². The van der Waals surface area contributed by atoms with Gasteiger partial charge in [0, 0.05) is 11.9 Å². The molecule has 3 rings (SSSR count). The molecule has 0 radical (unpaired) electrons. The van der Waals surface area contributed by atoms with E-state index in [4.69, 9.17) is 10.2 Å². The highest BCUT2D eigenvalue weighted by molar-refractivity contribution is 7.90. The van der Waals surface area contributed by atoms with Crippen molar-refractivity contribution in [2.24, 2.45) is 0 Å². The Balaban J connectivity index is 1.90. The van der Waals surface area contributed by atoms with E-state index < -0.39 is 9.84 Å². The maximum atomic E-state index is 11.4. The van der Waals surface area contributed by atoms with E-state index in [1.807, 2.05) is 0 Å². The first kappa shape index (κ1) is 13.4. The lowest BCUT2D eigenvalue weighted by Crippen LogP contribution is -1.97. The fraction of sp³-hybridized carbons (Fsp3) is 0.0714. The molecule has 0 amide bonds. The number of aromatic nitrogens is 1. The summed E-state index contributed by atoms with van der Waals surface area (Å²) in [5.74, 6) is 0. The number of nitrogens with zero attached hydrogens (tertiary/aromatic N) is 1. The number of oxazole rings is 1. The number of rotatable bonds is 3. The Morgan fingerprint density at radius 2 is 1.86 bits per heavy atom. The second-order valence-corrected chi connectivity index (χ2v) is 6.65. The molecule has 7 heteroatoms. The third-order valence-corrected chi connectivity index (χ3v) is 4.11. The van der Waals surface area contributed by atoms with Gasteiger partial charge in [-0.1, -0.05) is 6.07 Å². The number of nitrogens with two attached hydrogens (primary N) is 1. The predicted octanol–water partition coefficient (Wildman–Crippen LogP) is 2.56. The lowest BCUT2D eigenvalue weighted by atomic mass is 10.3. The Bertz CT molecular complexity index is 899. The van der Waals surface area contributed by atoms with Crippen LogP contribution in [-0.4, -0.2) is 19.7 Å². The van der Waals surface area contributed by atoms with Crippen molar-refractivity contribution in [3.63, 3.8) is 0 Å². The topological polar surface area (TPSA) is 98.2 Å². The van der Waals surface area contributed by atoms with E-state index in [0.717, 1.165) is 0 Å². The first-order chi connectivity index (χ1) is 9.93. The Labute approximate surface area is 121 Å². The molecule has 0 saturated heterocycles. The normalized spacial score (nSPS) is 11.7. The summed E-state index contributed by atoms with van der Waals surface area (Å²) in [5.41, 5.74) is 8.20. The summed E-state index contributed by atoms with van der Waals surface area (Å²) < 4.78 is 28.3. The SMILES string of the molecule is CS(=O)(=O)c1ccc(Nc2nc3c(N)cccc3o2)cc1. The van der Waals surface area contributed by atoms with Crippen molar-refractivity contribution in [1.82, 2.24) is 4.98 Å². The highest BCUT2D eigenvalue weighted by Gasteiger charge is 2.09. The minimum Gasteiger partial charge on any atom is -0.423 e. The van der Waals surface area contributed by atoms with Crippen molar-refractivity contribution in [3.8, 4) is 0 Å². The first-order valence-corrected chi connectivity index (χ1v) is 8.05. The second kappa shape index (κ2) is 4.78. The number of hydrogen-bond donors (Lipinski definition) is 2. The van der Waals surface area contributed by atoms with Crippen LogP contribution in [0.25, 0.3) is 11.1 Å². The lowest BCUT2D eigenvalue weighted by Gasteiger charge is -2.02. The fourth-order valence-corrected chi connectivity index (χ4v) is 2.56. The van der Waals surface area contributed by atoms with Gasteiger partial charge in [-0.25, -0.2) is 8.42 Å². The molecule has 3 N–H and O–H groups in total. The van der Waals surface area contributed by atoms with Gasteiger partial charge in [-0.2, -0.15) is 4.98 Å². The number of fused-ring (bicyclic) bond motifs is 1. The van der Waals surface area contributed by atoms with Crippen LogP contribution in [0.1, 0.15) is 0 Å². The van der Waals surface area contributed by atoms with Gasteiger partial charge in [0.25, 0.3) is 6.01 Å². The fourth-order valence-electron chi connectivity index (χ4n) is 1.93. The van der Waals surface area contributed by atoms with Crippen molar-refractivity contribution < 1.29 is 12.8 Å². The van der Waals surface area contributed by atoms with Gasteiger partial charge < -0.3 is 15.5 Å². The molecule has 1 aromatic heterocycles. The number of benzene rings is 2. The number of nitrogens with one attached hydrogen (secondary N) is 1. The Kier molecular flexibility index (Phi) is 3.06. The van der Waals surface area contributed by atoms with E-state index in [0.29, 0.717) is 28.5 Å². The quantitative estimate of drug-likeness (QED) is 0.722. The monoisotopic (exact) mass is 303 g/mol. The standard InChI is InChI=1S/C14H13N3O3S/c1-21(18,19)10-7-5-9(6-8-10)16-14-17-13-11(15)3-2-4-12(13)20-14/h2-8H,15H2,1H3,(H,16,17). The molecule has 0 spiro atoms. The minimum absolute atomic E-state index is 0.259. The maximum absolute atomic E-state index is 11.4. The molecule has 0 saturated carbocycles. The van der Waals surface area contributed by atoms with Crippen LogP contribution in [0.3, 0.4) is 0 Å². The van der Waals surface area contributed by atoms with Crippen LogP contribution in [0, 0.1) is 0 Å². The zero-order chi connectivity index (χ0) is 15.0. The van der Waals surface area contributed by atoms with Gasteiger partial charge in [0.2, 0.25) is 0 Å². The van der Waals surface area contributed by atoms with Crippen molar-refractivity contribution in [3.05, 3.63) is 42.5 Å². The zero-order valence-corrected chi connectivity index (χ0v) is 12.0. The van der Waals surface area contributed by atoms with Crippen molar-refractivity contribution >= 4 is 38.3 Å². The van der Waals surface area contributed by atoms with E-state index >= 15 is 0 Å². The molecule has 0 unspecified atom stereocenters. The maximum Gasteiger partial charge on any atom is 0.300 e. The molecule has 0 bridgehead atoms. The van der Waals surface area contributed by atoms with E-state index in [2.05, 4.69) is 10.3 Å². The zero-order valence-electron chi connectivity index (χ0n) is 11.2. The molecule has 0 aliphatic carbocycles. The molecule has 6 nitrogen and oxygen atoms in total. The predicted molar refractivity (Wildman–Crippen MR) is 81.3 cm³/mol. The van der Waals surface area contributed by atoms with Crippen LogP contribution < -0.4 is 11.1 Å². The highest BCUT2D eigenvalue weighted by Crippen LogP contribution is 2.26. The molecule has 1 heterocycles. The first-order valence-electron chi connectivity index (χ1n) is 6.16. The highest BCUT2D eigenvalue weighted by atomic mass is 32.2. The van der Waals surface area contributed by atoms with Crippen LogP contribution >= 0.6 is 0 Å². The molecular formula is C14H13N3O3S. The third kappa shape index (κ3) is 2.68. The van der Waals surface area contributed by atoms with Gasteiger partial charge in [0.1, 0.15) is 5.52 Å². The molecule has 0 fully saturated rings. The number of sulfone groups is 1. The van der Waals surface area contributed by atoms with Crippen molar-refractivity contribution in [2.45, 2.75) is 4.90 Å². The average Bonchev–Trinajstić information content (AvgIpc) is 2.82. The molecular weight excluding hydrogens is 290 g/mol. The van der Waals surface area contributed by atoms with Crippen molar-refractivity contribution in [1.29, 1.82) is 0 Å². The lowest BCUT2D eigenvalue weighted by molar-refractivity contribution is 0.602. The Morgan fingerprint density at radius 3 is 2.48 bits per heavy atom. The molecule has 2 aromatic carbocycles. The number of anilines is 3. The molecule has 108 valence electrons. The number of nitrogen functional groups attached to an aromatic ring is 1. The summed E-state index contributed by atoms with van der Waals surface area (Å²) in [6.07, 6.45) is 1.17. The number of para-hydroxylation sites is 1. The van der Waals surface area contributed by atoms with Gasteiger partial charge in [0.05, 0.1) is 10.6 Å².